The lowest BCUT2D eigenvalue weighted by Gasteiger charge is -2.31. The Kier molecular flexibility index (Phi) is 7.89. The van der Waals surface area contributed by atoms with Crippen LogP contribution in [0.3, 0.4) is 0 Å². The molecular weight excluding hydrogens is 428 g/mol. The van der Waals surface area contributed by atoms with Gasteiger partial charge in [-0.25, -0.2) is 13.6 Å². The molecule has 0 heterocycles. The molecule has 2 aromatic rings. The smallest absolute Gasteiger partial charge is 0.323 e. The fraction of sp³-hybridized carbons (Fsp3) is 0.440. The Morgan fingerprint density at radius 3 is 2.27 bits per heavy atom. The highest BCUT2D eigenvalue weighted by Gasteiger charge is 2.32. The van der Waals surface area contributed by atoms with Crippen molar-refractivity contribution < 1.29 is 23.1 Å². The average Bonchev–Trinajstić information content (AvgIpc) is 3.55. The van der Waals surface area contributed by atoms with Crippen LogP contribution in [0.15, 0.2) is 36.4 Å². The van der Waals surface area contributed by atoms with Gasteiger partial charge >= 0.3 is 12.0 Å². The summed E-state index contributed by atoms with van der Waals surface area (Å²) in [5, 5.41) is 5.13. The number of nitrogens with zero attached hydrogens (tertiary/aromatic N) is 1. The van der Waals surface area contributed by atoms with E-state index in [9.17, 15) is 18.4 Å². The number of para-hydroxylation sites is 1. The molecule has 1 aliphatic rings. The van der Waals surface area contributed by atoms with Crippen molar-refractivity contribution in [3.8, 4) is 5.75 Å². The molecule has 8 heteroatoms. The maximum absolute atomic E-state index is 14.0. The van der Waals surface area contributed by atoms with Gasteiger partial charge < -0.3 is 20.3 Å². The van der Waals surface area contributed by atoms with Crippen molar-refractivity contribution in [1.29, 1.82) is 0 Å². The van der Waals surface area contributed by atoms with Crippen LogP contribution >= 0.6 is 0 Å². The van der Waals surface area contributed by atoms with Gasteiger partial charge in [-0.3, -0.25) is 4.79 Å². The molecule has 6 nitrogen and oxygen atoms in total. The number of urea groups is 1. The summed E-state index contributed by atoms with van der Waals surface area (Å²) in [6.07, 6.45) is 1.58. The van der Waals surface area contributed by atoms with E-state index < -0.39 is 17.7 Å². The third-order valence-corrected chi connectivity index (χ3v) is 5.06. The van der Waals surface area contributed by atoms with Crippen molar-refractivity contribution in [3.63, 3.8) is 0 Å². The number of carbonyl (C=O) groups excluding carboxylic acids is 2. The van der Waals surface area contributed by atoms with Crippen LogP contribution in [0.2, 0.25) is 0 Å². The first-order valence-electron chi connectivity index (χ1n) is 11.3. The fourth-order valence-electron chi connectivity index (χ4n) is 3.52. The summed E-state index contributed by atoms with van der Waals surface area (Å²) in [7, 11) is 0. The monoisotopic (exact) mass is 459 g/mol. The van der Waals surface area contributed by atoms with Crippen molar-refractivity contribution >= 4 is 29.1 Å². The third kappa shape index (κ3) is 6.91. The number of carbonyl (C=O) groups is 2. The molecule has 1 aliphatic carbocycles. The Morgan fingerprint density at radius 2 is 1.70 bits per heavy atom. The minimum absolute atomic E-state index is 0.119. The lowest BCUT2D eigenvalue weighted by molar-refractivity contribution is -0.135. The highest BCUT2D eigenvalue weighted by Crippen LogP contribution is 2.38. The predicted octanol–water partition coefficient (Wildman–Crippen LogP) is 6.04. The van der Waals surface area contributed by atoms with Crippen molar-refractivity contribution in [2.24, 2.45) is 17.8 Å². The summed E-state index contributed by atoms with van der Waals surface area (Å²) in [6.45, 7) is 9.84. The molecule has 0 aliphatic heterocycles. The van der Waals surface area contributed by atoms with Crippen LogP contribution in [0.25, 0.3) is 0 Å². The molecule has 0 spiro atoms. The fourth-order valence-corrected chi connectivity index (χ4v) is 3.52. The van der Waals surface area contributed by atoms with Crippen LogP contribution in [0, 0.1) is 29.4 Å². The van der Waals surface area contributed by atoms with E-state index in [-0.39, 0.29) is 23.3 Å². The van der Waals surface area contributed by atoms with Gasteiger partial charge in [-0.2, -0.15) is 0 Å². The summed E-state index contributed by atoms with van der Waals surface area (Å²) < 4.78 is 32.9. The average molecular weight is 460 g/mol. The molecule has 0 saturated heterocycles. The molecule has 0 radical (unpaired) electrons. The molecule has 2 N–H and O–H groups in total. The standard InChI is InChI=1S/C25H31F2N3O3/c1-15(2)13-30(14-16(3)4)21-6-5-7-22(33-24(31)17-8-9-17)23(21)29-25(32)28-20-11-10-18(26)12-19(20)27/h5-7,10-12,15-17H,8-9,13-14H2,1-4H3,(H2,28,29,32). The summed E-state index contributed by atoms with van der Waals surface area (Å²) in [5.74, 6) is -1.16. The van der Waals surface area contributed by atoms with E-state index in [4.69, 9.17) is 4.74 Å². The van der Waals surface area contributed by atoms with E-state index in [1.54, 1.807) is 12.1 Å². The summed E-state index contributed by atoms with van der Waals surface area (Å²) in [6, 6.07) is 7.43. The molecule has 0 aromatic heterocycles. The highest BCUT2D eigenvalue weighted by molar-refractivity contribution is 6.03. The van der Waals surface area contributed by atoms with Crippen molar-refractivity contribution in [2.45, 2.75) is 40.5 Å². The molecule has 0 bridgehead atoms. The number of ether oxygens (including phenoxy) is 1. The number of benzene rings is 2. The Labute approximate surface area is 193 Å². The van der Waals surface area contributed by atoms with Gasteiger partial charge in [-0.15, -0.1) is 0 Å². The number of anilines is 3. The minimum Gasteiger partial charge on any atom is -0.424 e. The van der Waals surface area contributed by atoms with Gasteiger partial charge in [0.05, 0.1) is 17.3 Å². The van der Waals surface area contributed by atoms with Crippen LogP contribution in [0.5, 0.6) is 5.75 Å². The maximum atomic E-state index is 14.0. The Balaban J connectivity index is 1.93. The van der Waals surface area contributed by atoms with Crippen molar-refractivity contribution in [2.75, 3.05) is 28.6 Å². The molecular formula is C25H31F2N3O3. The van der Waals surface area contributed by atoms with E-state index >= 15 is 0 Å². The van der Waals surface area contributed by atoms with E-state index in [2.05, 4.69) is 43.2 Å². The van der Waals surface area contributed by atoms with Gasteiger partial charge in [0.15, 0.2) is 5.75 Å². The van der Waals surface area contributed by atoms with Gasteiger partial charge in [0.1, 0.15) is 17.3 Å². The molecule has 0 atom stereocenters. The zero-order valence-corrected chi connectivity index (χ0v) is 19.5. The van der Waals surface area contributed by atoms with Crippen molar-refractivity contribution in [1.82, 2.24) is 0 Å². The number of halogens is 2. The number of esters is 1. The first-order valence-corrected chi connectivity index (χ1v) is 11.3. The lowest BCUT2D eigenvalue weighted by atomic mass is 10.1. The van der Waals surface area contributed by atoms with E-state index in [1.807, 2.05) is 6.07 Å². The normalized spacial score (nSPS) is 13.2. The second kappa shape index (κ2) is 10.6. The van der Waals surface area contributed by atoms with Gasteiger partial charge in [0.2, 0.25) is 0 Å². The SMILES string of the molecule is CC(C)CN(CC(C)C)c1cccc(OC(=O)C2CC2)c1NC(=O)Nc1ccc(F)cc1F. The van der Waals surface area contributed by atoms with E-state index in [0.717, 1.165) is 38.1 Å². The summed E-state index contributed by atoms with van der Waals surface area (Å²) >= 11 is 0. The van der Waals surface area contributed by atoms with Gasteiger partial charge in [0, 0.05) is 19.2 Å². The van der Waals surface area contributed by atoms with Gasteiger partial charge in [-0.1, -0.05) is 33.8 Å². The number of hydrogen-bond donors (Lipinski definition) is 2. The first-order chi connectivity index (χ1) is 15.6. The first kappa shape index (κ1) is 24.5. The Morgan fingerprint density at radius 1 is 1.03 bits per heavy atom. The maximum Gasteiger partial charge on any atom is 0.323 e. The van der Waals surface area contributed by atoms with Gasteiger partial charge in [0.25, 0.3) is 0 Å². The molecule has 2 aromatic carbocycles. The van der Waals surface area contributed by atoms with Gasteiger partial charge in [-0.05, 0) is 48.9 Å². The molecule has 178 valence electrons. The van der Waals surface area contributed by atoms with Crippen molar-refractivity contribution in [3.05, 3.63) is 48.0 Å². The number of rotatable bonds is 9. The molecule has 3 rings (SSSR count). The summed E-state index contributed by atoms with van der Waals surface area (Å²) in [4.78, 5) is 27.3. The van der Waals surface area contributed by atoms with Crippen LogP contribution in [0.4, 0.5) is 30.6 Å². The Bertz CT molecular complexity index is 996. The van der Waals surface area contributed by atoms with E-state index in [1.165, 1.54) is 0 Å². The zero-order valence-electron chi connectivity index (χ0n) is 19.5. The summed E-state index contributed by atoms with van der Waals surface area (Å²) in [5.41, 5.74) is 0.866. The second-order valence-corrected chi connectivity index (χ2v) is 9.24. The number of amides is 2. The largest absolute Gasteiger partial charge is 0.424 e. The van der Waals surface area contributed by atoms with Crippen LogP contribution < -0.4 is 20.3 Å². The van der Waals surface area contributed by atoms with Crippen LogP contribution in [-0.2, 0) is 4.79 Å². The molecule has 1 saturated carbocycles. The molecule has 1 fully saturated rings. The highest BCUT2D eigenvalue weighted by atomic mass is 19.1. The lowest BCUT2D eigenvalue weighted by Crippen LogP contribution is -2.33. The molecule has 33 heavy (non-hydrogen) atoms. The number of hydrogen-bond acceptors (Lipinski definition) is 4. The topological polar surface area (TPSA) is 70.7 Å². The van der Waals surface area contributed by atoms with Crippen LogP contribution in [0.1, 0.15) is 40.5 Å². The third-order valence-electron chi connectivity index (χ3n) is 5.06. The quantitative estimate of drug-likeness (QED) is 0.354. The van der Waals surface area contributed by atoms with Crippen LogP contribution in [-0.4, -0.2) is 25.1 Å². The number of nitrogens with one attached hydrogen (secondary N) is 2. The predicted molar refractivity (Wildman–Crippen MR) is 126 cm³/mol. The van der Waals surface area contributed by atoms with E-state index in [0.29, 0.717) is 29.3 Å². The molecule has 0 unspecified atom stereocenters. The Hall–Kier alpha value is -3.16. The zero-order chi connectivity index (χ0) is 24.1. The molecule has 2 amide bonds. The minimum atomic E-state index is -0.889. The second-order valence-electron chi connectivity index (χ2n) is 9.24.